The van der Waals surface area contributed by atoms with Crippen LogP contribution in [0.3, 0.4) is 0 Å². The number of hydrogen-bond donors (Lipinski definition) is 2. The molecule has 0 aromatic carbocycles. The van der Waals surface area contributed by atoms with E-state index in [1.54, 1.807) is 0 Å². The summed E-state index contributed by atoms with van der Waals surface area (Å²) < 4.78 is 0. The minimum absolute atomic E-state index is 0.890. The van der Waals surface area contributed by atoms with Gasteiger partial charge in [-0.05, 0) is 43.6 Å². The Morgan fingerprint density at radius 2 is 2.40 bits per heavy atom. The quantitative estimate of drug-likeness (QED) is 0.788. The van der Waals surface area contributed by atoms with Crippen LogP contribution in [-0.2, 0) is 6.54 Å². The number of aromatic amines is 1. The van der Waals surface area contributed by atoms with E-state index in [1.807, 2.05) is 12.4 Å². The van der Waals surface area contributed by atoms with Crippen molar-refractivity contribution < 1.29 is 0 Å². The largest absolute Gasteiger partial charge is 0.348 e. The summed E-state index contributed by atoms with van der Waals surface area (Å²) in [5.74, 6) is 4.08. The van der Waals surface area contributed by atoms with Gasteiger partial charge >= 0.3 is 0 Å². The molecule has 3 rings (SSSR count). The predicted octanol–water partition coefficient (Wildman–Crippen LogP) is 1.94. The smallest absolute Gasteiger partial charge is 0.120 e. The Morgan fingerprint density at radius 1 is 1.40 bits per heavy atom. The number of hydrogen-bond acceptors (Lipinski definition) is 2. The maximum absolute atomic E-state index is 4.21. The number of aromatic nitrogens is 2. The van der Waals surface area contributed by atoms with Gasteiger partial charge in [0, 0.05) is 12.4 Å². The van der Waals surface area contributed by atoms with Crippen molar-refractivity contribution in [1.82, 2.24) is 15.3 Å². The molecule has 0 saturated heterocycles. The van der Waals surface area contributed by atoms with E-state index < -0.39 is 0 Å². The molecule has 15 heavy (non-hydrogen) atoms. The summed E-state index contributed by atoms with van der Waals surface area (Å²) in [6, 6.07) is 0. The molecule has 0 spiro atoms. The van der Waals surface area contributed by atoms with E-state index in [9.17, 15) is 0 Å². The van der Waals surface area contributed by atoms with Gasteiger partial charge in [-0.1, -0.05) is 6.42 Å². The Kier molecular flexibility index (Phi) is 2.49. The van der Waals surface area contributed by atoms with Crippen molar-refractivity contribution in [3.8, 4) is 0 Å². The van der Waals surface area contributed by atoms with Gasteiger partial charge in [0.15, 0.2) is 0 Å². The molecule has 1 heterocycles. The van der Waals surface area contributed by atoms with Gasteiger partial charge in [-0.15, -0.1) is 0 Å². The molecule has 3 heteroatoms. The van der Waals surface area contributed by atoms with Crippen molar-refractivity contribution in [2.75, 3.05) is 6.54 Å². The van der Waals surface area contributed by atoms with Gasteiger partial charge in [-0.2, -0.15) is 0 Å². The van der Waals surface area contributed by atoms with Gasteiger partial charge in [0.1, 0.15) is 5.82 Å². The minimum Gasteiger partial charge on any atom is -0.348 e. The zero-order valence-corrected chi connectivity index (χ0v) is 9.08. The molecule has 1 aromatic rings. The molecular formula is C12H19N3. The lowest BCUT2D eigenvalue weighted by molar-refractivity contribution is 0.317. The Labute approximate surface area is 90.7 Å². The van der Waals surface area contributed by atoms with Crippen molar-refractivity contribution >= 4 is 0 Å². The lowest BCUT2D eigenvalue weighted by atomic mass is 9.89. The summed E-state index contributed by atoms with van der Waals surface area (Å²) >= 11 is 0. The van der Waals surface area contributed by atoms with E-state index in [-0.39, 0.29) is 0 Å². The first-order chi connectivity index (χ1) is 7.42. The van der Waals surface area contributed by atoms with Crippen LogP contribution < -0.4 is 5.32 Å². The number of nitrogens with one attached hydrogen (secondary N) is 2. The summed E-state index contributed by atoms with van der Waals surface area (Å²) in [7, 11) is 0. The molecule has 2 aliphatic rings. The van der Waals surface area contributed by atoms with E-state index in [0.29, 0.717) is 0 Å². The molecule has 0 aliphatic heterocycles. The third-order valence-electron chi connectivity index (χ3n) is 4.14. The van der Waals surface area contributed by atoms with Crippen LogP contribution in [0.5, 0.6) is 0 Å². The molecule has 2 bridgehead atoms. The van der Waals surface area contributed by atoms with Crippen molar-refractivity contribution in [2.24, 2.45) is 17.8 Å². The molecule has 0 radical (unpaired) electrons. The number of imidazole rings is 1. The average Bonchev–Trinajstić information content (AvgIpc) is 2.93. The molecular weight excluding hydrogens is 186 g/mol. The molecule has 3 atom stereocenters. The Hall–Kier alpha value is -0.830. The van der Waals surface area contributed by atoms with E-state index in [1.165, 1.54) is 32.2 Å². The summed E-state index contributed by atoms with van der Waals surface area (Å²) in [6.45, 7) is 2.07. The topological polar surface area (TPSA) is 40.7 Å². The molecule has 2 N–H and O–H groups in total. The Morgan fingerprint density at radius 3 is 3.07 bits per heavy atom. The second kappa shape index (κ2) is 3.97. The van der Waals surface area contributed by atoms with Crippen LogP contribution in [-0.4, -0.2) is 16.5 Å². The van der Waals surface area contributed by atoms with Crippen molar-refractivity contribution in [3.63, 3.8) is 0 Å². The second-order valence-corrected chi connectivity index (χ2v) is 5.10. The molecule has 1 aromatic heterocycles. The van der Waals surface area contributed by atoms with Crippen LogP contribution in [0.1, 0.15) is 31.5 Å². The van der Waals surface area contributed by atoms with Gasteiger partial charge in [-0.25, -0.2) is 4.98 Å². The average molecular weight is 205 g/mol. The Balaban J connectivity index is 1.43. The van der Waals surface area contributed by atoms with Gasteiger partial charge in [0.05, 0.1) is 6.54 Å². The highest BCUT2D eigenvalue weighted by Crippen LogP contribution is 2.47. The molecule has 0 amide bonds. The van der Waals surface area contributed by atoms with Crippen molar-refractivity contribution in [3.05, 3.63) is 18.2 Å². The SMILES string of the molecule is c1c[nH]c(CNCC2CC3CCC2C3)n1. The molecule has 2 fully saturated rings. The molecule has 82 valence electrons. The second-order valence-electron chi connectivity index (χ2n) is 5.10. The summed E-state index contributed by atoms with van der Waals surface area (Å²) in [6.07, 6.45) is 9.66. The maximum Gasteiger partial charge on any atom is 0.120 e. The maximum atomic E-state index is 4.21. The lowest BCUT2D eigenvalue weighted by Crippen LogP contribution is -2.26. The van der Waals surface area contributed by atoms with Gasteiger partial charge in [0.2, 0.25) is 0 Å². The third-order valence-corrected chi connectivity index (χ3v) is 4.14. The highest BCUT2D eigenvalue weighted by atomic mass is 15.0. The number of fused-ring (bicyclic) bond motifs is 2. The lowest BCUT2D eigenvalue weighted by Gasteiger charge is -2.21. The standard InChI is InChI=1S/C12H19N3/c1-2-10-5-9(1)6-11(10)7-13-8-12-14-3-4-15-12/h3-4,9-11,13H,1-2,5-8H2,(H,14,15). The van der Waals surface area contributed by atoms with E-state index in [2.05, 4.69) is 15.3 Å². The number of rotatable bonds is 4. The highest BCUT2D eigenvalue weighted by Gasteiger charge is 2.38. The zero-order chi connectivity index (χ0) is 10.1. The molecule has 2 saturated carbocycles. The van der Waals surface area contributed by atoms with E-state index in [4.69, 9.17) is 0 Å². The first-order valence-corrected chi connectivity index (χ1v) is 6.11. The van der Waals surface area contributed by atoms with Crippen molar-refractivity contribution in [2.45, 2.75) is 32.2 Å². The fourth-order valence-corrected chi connectivity index (χ4v) is 3.40. The Bertz CT molecular complexity index is 307. The van der Waals surface area contributed by atoms with E-state index >= 15 is 0 Å². The first-order valence-electron chi connectivity index (χ1n) is 6.11. The highest BCUT2D eigenvalue weighted by molar-refractivity contribution is 4.92. The predicted molar refractivity (Wildman–Crippen MR) is 59.2 cm³/mol. The van der Waals surface area contributed by atoms with Crippen LogP contribution >= 0.6 is 0 Å². The van der Waals surface area contributed by atoms with Gasteiger partial charge in [-0.3, -0.25) is 0 Å². The fraction of sp³-hybridized carbons (Fsp3) is 0.750. The zero-order valence-electron chi connectivity index (χ0n) is 9.08. The van der Waals surface area contributed by atoms with Crippen LogP contribution in [0.2, 0.25) is 0 Å². The monoisotopic (exact) mass is 205 g/mol. The molecule has 3 nitrogen and oxygen atoms in total. The third kappa shape index (κ3) is 1.93. The van der Waals surface area contributed by atoms with Crippen LogP contribution in [0, 0.1) is 17.8 Å². The number of H-pyrrole nitrogens is 1. The molecule has 3 unspecified atom stereocenters. The summed E-state index contributed by atoms with van der Waals surface area (Å²) in [5, 5.41) is 3.52. The fourth-order valence-electron chi connectivity index (χ4n) is 3.40. The first kappa shape index (κ1) is 9.40. The van der Waals surface area contributed by atoms with Crippen LogP contribution in [0.15, 0.2) is 12.4 Å². The van der Waals surface area contributed by atoms with Crippen molar-refractivity contribution in [1.29, 1.82) is 0 Å². The normalized spacial score (nSPS) is 33.7. The van der Waals surface area contributed by atoms with Gasteiger partial charge < -0.3 is 10.3 Å². The van der Waals surface area contributed by atoms with Crippen LogP contribution in [0.4, 0.5) is 0 Å². The summed E-state index contributed by atoms with van der Waals surface area (Å²) in [5.41, 5.74) is 0. The number of nitrogens with zero attached hydrogens (tertiary/aromatic N) is 1. The summed E-state index contributed by atoms with van der Waals surface area (Å²) in [4.78, 5) is 7.33. The minimum atomic E-state index is 0.890. The van der Waals surface area contributed by atoms with E-state index in [0.717, 1.165) is 30.1 Å². The van der Waals surface area contributed by atoms with Crippen LogP contribution in [0.25, 0.3) is 0 Å². The molecule has 2 aliphatic carbocycles. The van der Waals surface area contributed by atoms with Gasteiger partial charge in [0.25, 0.3) is 0 Å².